The van der Waals surface area contributed by atoms with Gasteiger partial charge in [0.15, 0.2) is 0 Å². The normalized spacial score (nSPS) is 11.2. The van der Waals surface area contributed by atoms with Gasteiger partial charge in [0.05, 0.1) is 0 Å². The monoisotopic (exact) mass is 766 g/mol. The van der Waals surface area contributed by atoms with Crippen LogP contribution in [0.4, 0.5) is 0 Å². The Bertz CT molecular complexity index is 1540. The van der Waals surface area contributed by atoms with Crippen molar-refractivity contribution in [2.24, 2.45) is 0 Å². The molecule has 6 aromatic rings. The minimum absolute atomic E-state index is 0. The van der Waals surface area contributed by atoms with Crippen LogP contribution in [0.1, 0.15) is 26.7 Å². The predicted molar refractivity (Wildman–Crippen MR) is 181 cm³/mol. The van der Waals surface area contributed by atoms with Crippen LogP contribution in [0.2, 0.25) is 0 Å². The third-order valence-electron chi connectivity index (χ3n) is 6.22. The van der Waals surface area contributed by atoms with Crippen LogP contribution in [-0.2, 0) is 48.5 Å². The van der Waals surface area contributed by atoms with Crippen molar-refractivity contribution in [3.8, 4) is 0 Å². The number of hydrogen-bond donors (Lipinski definition) is 0. The van der Waals surface area contributed by atoms with Gasteiger partial charge < -0.3 is 24.8 Å². The number of halogens is 2. The van der Waals surface area contributed by atoms with Gasteiger partial charge in [0.1, 0.15) is 0 Å². The second kappa shape index (κ2) is 24.0. The van der Waals surface area contributed by atoms with Crippen molar-refractivity contribution in [1.82, 2.24) is 0 Å². The van der Waals surface area contributed by atoms with Crippen LogP contribution in [0, 0.1) is 12.2 Å². The molecule has 0 fully saturated rings. The summed E-state index contributed by atoms with van der Waals surface area (Å²) in [5, 5.41) is 10.8. The Morgan fingerprint density at radius 2 is 0.750 bits per heavy atom. The maximum atomic E-state index is 2.99. The molecule has 220 valence electrons. The van der Waals surface area contributed by atoms with E-state index in [-0.39, 0.29) is 24.8 Å². The molecule has 44 heavy (non-hydrogen) atoms. The van der Waals surface area contributed by atoms with Crippen LogP contribution in [0.5, 0.6) is 0 Å². The third kappa shape index (κ3) is 13.0. The van der Waals surface area contributed by atoms with Gasteiger partial charge in [0.25, 0.3) is 0 Å². The smallest absolute Gasteiger partial charge is 0.0771 e. The molecule has 0 spiro atoms. The van der Waals surface area contributed by atoms with Gasteiger partial charge in [-0.1, -0.05) is 72.8 Å². The van der Waals surface area contributed by atoms with Crippen molar-refractivity contribution in [2.75, 3.05) is 0 Å². The molecule has 0 saturated carbocycles. The van der Waals surface area contributed by atoms with E-state index < -0.39 is 0 Å². The van der Waals surface area contributed by atoms with Crippen molar-refractivity contribution in [1.29, 1.82) is 0 Å². The van der Waals surface area contributed by atoms with Crippen molar-refractivity contribution in [3.05, 3.63) is 158 Å². The molecule has 0 aromatic heterocycles. The van der Waals surface area contributed by atoms with Gasteiger partial charge >= 0.3 is 69.7 Å². The first-order valence-corrected chi connectivity index (χ1v) is 17.0. The van der Waals surface area contributed by atoms with Gasteiger partial charge in [-0.05, 0) is 0 Å². The zero-order chi connectivity index (χ0) is 29.8. The number of hydrogen-bond acceptors (Lipinski definition) is 0. The van der Waals surface area contributed by atoms with Gasteiger partial charge in [-0.15, -0.1) is 92.3 Å². The van der Waals surface area contributed by atoms with Crippen LogP contribution in [0.25, 0.3) is 43.1 Å². The minimum Gasteiger partial charge on any atom is -1.00 e. The van der Waals surface area contributed by atoms with Gasteiger partial charge in [-0.2, -0.15) is 12.2 Å². The molecule has 0 aliphatic heterocycles. The van der Waals surface area contributed by atoms with Gasteiger partial charge in [0, 0.05) is 0 Å². The fraction of sp³-hybridized carbons (Fsp3) is 0.100. The first-order valence-electron chi connectivity index (χ1n) is 14.1. The Labute approximate surface area is 305 Å². The second-order valence-corrected chi connectivity index (χ2v) is 12.1. The van der Waals surface area contributed by atoms with Crippen molar-refractivity contribution in [3.63, 3.8) is 0 Å². The van der Waals surface area contributed by atoms with E-state index >= 15 is 0 Å². The molecule has 2 aliphatic carbocycles. The van der Waals surface area contributed by atoms with E-state index in [1.165, 1.54) is 91.6 Å². The Morgan fingerprint density at radius 3 is 0.932 bits per heavy atom. The summed E-state index contributed by atoms with van der Waals surface area (Å²) in [4.78, 5) is 0. The molecule has 0 bridgehead atoms. The summed E-state index contributed by atoms with van der Waals surface area (Å²) in [5.41, 5.74) is 0. The van der Waals surface area contributed by atoms with E-state index in [1.807, 2.05) is 38.2 Å². The number of rotatable bonds is 0. The Balaban J connectivity index is 0.000000291. The molecule has 2 aliphatic rings. The molecule has 0 saturated heterocycles. The molecule has 0 radical (unpaired) electrons. The Kier molecular flexibility index (Phi) is 21.6. The molecule has 6 aromatic carbocycles. The van der Waals surface area contributed by atoms with Crippen LogP contribution in [0.3, 0.4) is 0 Å². The molecule has 0 nitrogen and oxygen atoms in total. The van der Waals surface area contributed by atoms with Crippen molar-refractivity contribution in [2.45, 2.75) is 26.7 Å². The average molecular weight is 770 g/mol. The fourth-order valence-corrected chi connectivity index (χ4v) is 4.49. The van der Waals surface area contributed by atoms with Crippen molar-refractivity contribution >= 4 is 50.5 Å². The van der Waals surface area contributed by atoms with Gasteiger partial charge in [-0.25, -0.2) is 24.3 Å². The van der Waals surface area contributed by atoms with Crippen LogP contribution in [0.15, 0.2) is 146 Å². The zero-order valence-corrected chi connectivity index (χ0v) is 31.6. The van der Waals surface area contributed by atoms with Crippen molar-refractivity contribution < 1.29 is 73.3 Å². The molecular weight excluding hydrogens is 734 g/mol. The van der Waals surface area contributed by atoms with Crippen LogP contribution in [-0.4, -0.2) is 7.42 Å². The maximum Gasteiger partial charge on any atom is -0.0771 e. The summed E-state index contributed by atoms with van der Waals surface area (Å²) in [6.07, 6.45) is 20.0. The summed E-state index contributed by atoms with van der Waals surface area (Å²) >= 11 is 3.02. The summed E-state index contributed by atoms with van der Waals surface area (Å²) < 4.78 is 4.18. The third-order valence-corrected chi connectivity index (χ3v) is 6.22. The largest absolute Gasteiger partial charge is 1.00 e. The molecule has 4 heteroatoms. The molecule has 0 amide bonds. The molecule has 8 rings (SSSR count). The minimum atomic E-state index is 0. The van der Waals surface area contributed by atoms with Crippen LogP contribution >= 0.6 is 0 Å². The summed E-state index contributed by atoms with van der Waals surface area (Å²) in [7, 11) is 0. The van der Waals surface area contributed by atoms with E-state index in [0.717, 1.165) is 12.8 Å². The van der Waals surface area contributed by atoms with E-state index in [0.29, 0.717) is 0 Å². The SMILES string of the molecule is C[CH]=[Zr+2].C[CH]=[Zr+2].[C-]1=CC=CC1.[C-]1=CC=CC1.[Cl-].[Cl-].c1ccc2c(c1)[cH-]c1ccccc12.c1ccc2c(c1)[cH-]c1ccccc12. The van der Waals surface area contributed by atoms with Gasteiger partial charge in [-0.3, -0.25) is 12.2 Å². The molecule has 0 heterocycles. The number of allylic oxidation sites excluding steroid dienone is 8. The van der Waals surface area contributed by atoms with E-state index in [4.69, 9.17) is 0 Å². The molecular formula is C40H36Cl2Zr2-2. The Hall–Kier alpha value is -2.33. The second-order valence-electron chi connectivity index (χ2n) is 9.22. The maximum absolute atomic E-state index is 2.99. The standard InChI is InChI=1S/2C13H9.2C5H5.2C2H4.2ClH.2Zr/c2*1-3-7-12-10(5-1)9-11-6-2-4-8-13(11)12;2*1-2-4-5-3-1;2*1-2;;;;/h2*1-9H;2*1-3H,4H2;2*1H,2H3;2*1H;;/q4*-1;;;;;2*+2/p-2. The number of benzene rings is 4. The fourth-order valence-electron chi connectivity index (χ4n) is 4.49. The van der Waals surface area contributed by atoms with E-state index in [9.17, 15) is 0 Å². The number of fused-ring (bicyclic) bond motifs is 6. The first-order chi connectivity index (χ1) is 20.7. The van der Waals surface area contributed by atoms with Crippen LogP contribution < -0.4 is 24.8 Å². The topological polar surface area (TPSA) is 0 Å². The van der Waals surface area contributed by atoms with E-state index in [1.54, 1.807) is 0 Å². The van der Waals surface area contributed by atoms with Gasteiger partial charge in [0.2, 0.25) is 0 Å². The molecule has 0 unspecified atom stereocenters. The zero-order valence-electron chi connectivity index (χ0n) is 25.2. The quantitative estimate of drug-likeness (QED) is 0.196. The molecule has 0 N–H and O–H groups in total. The first kappa shape index (κ1) is 39.7. The van der Waals surface area contributed by atoms with E-state index in [2.05, 4.69) is 141 Å². The Morgan fingerprint density at radius 1 is 0.500 bits per heavy atom. The molecule has 0 atom stereocenters. The summed E-state index contributed by atoms with van der Waals surface area (Å²) in [6.45, 7) is 4.08. The average Bonchev–Trinajstić information content (AvgIpc) is 3.86. The summed E-state index contributed by atoms with van der Waals surface area (Å²) in [5.74, 6) is 0. The summed E-state index contributed by atoms with van der Waals surface area (Å²) in [6, 6.07) is 38.5. The predicted octanol–water partition coefficient (Wildman–Crippen LogP) is 4.75.